The van der Waals surface area contributed by atoms with E-state index in [0.717, 1.165) is 84.3 Å². The molecule has 4 aromatic heterocycles. The van der Waals surface area contributed by atoms with Gasteiger partial charge in [-0.2, -0.15) is 0 Å². The molecule has 10 nitrogen and oxygen atoms in total. The normalized spacial score (nSPS) is 18.8. The second-order valence-electron chi connectivity index (χ2n) is 25.8. The maximum atomic E-state index is 5.17. The minimum Gasteiger partial charge on any atom is -0.353 e. The Labute approximate surface area is 625 Å². The summed E-state index contributed by atoms with van der Waals surface area (Å²) in [6.07, 6.45) is 29.7. The van der Waals surface area contributed by atoms with Crippen LogP contribution in [-0.4, -0.2) is 68.9 Å². The van der Waals surface area contributed by atoms with Gasteiger partial charge in [0.15, 0.2) is 12.6 Å². The molecule has 3 fully saturated rings. The van der Waals surface area contributed by atoms with Gasteiger partial charge in [-0.15, -0.1) is 0 Å². The second kappa shape index (κ2) is 73.0. The van der Waals surface area contributed by atoms with E-state index in [1.165, 1.54) is 97.6 Å². The highest BCUT2D eigenvalue weighted by atomic mass is 16.7. The van der Waals surface area contributed by atoms with E-state index in [1.807, 2.05) is 132 Å². The van der Waals surface area contributed by atoms with Crippen molar-refractivity contribution in [1.29, 1.82) is 0 Å². The third-order valence-electron chi connectivity index (χ3n) is 14.9. The fourth-order valence-electron chi connectivity index (χ4n) is 8.28. The number of benzene rings is 2. The maximum Gasteiger partial charge on any atom is 0.154 e. The number of hydrogen-bond donors (Lipinski definition) is 0. The Kier molecular flexibility index (Phi) is 86.3. The third kappa shape index (κ3) is 70.6. The van der Waals surface area contributed by atoms with E-state index in [0.29, 0.717) is 11.8 Å². The van der Waals surface area contributed by atoms with Crippen molar-refractivity contribution in [3.8, 4) is 0 Å². The Morgan fingerprint density at radius 1 is 0.260 bits per heavy atom. The Morgan fingerprint density at radius 3 is 0.640 bits per heavy atom. The van der Waals surface area contributed by atoms with Gasteiger partial charge in [0.1, 0.15) is 11.6 Å². The van der Waals surface area contributed by atoms with Crippen molar-refractivity contribution in [2.75, 3.05) is 26.4 Å². The zero-order valence-electron chi connectivity index (χ0n) is 61.4. The molecule has 100 heavy (non-hydrogen) atoms. The van der Waals surface area contributed by atoms with Crippen molar-refractivity contribution in [3.63, 3.8) is 0 Å². The Morgan fingerprint density at radius 2 is 0.480 bits per heavy atom. The first-order chi connectivity index (χ1) is 42.7. The summed E-state index contributed by atoms with van der Waals surface area (Å²) in [6, 6.07) is 25.1. The summed E-state index contributed by atoms with van der Waals surface area (Å²) in [5.41, 5.74) is 15.3. The predicted octanol–water partition coefficient (Wildman–Crippen LogP) is 27.9. The van der Waals surface area contributed by atoms with Crippen LogP contribution in [0.25, 0.3) is 0 Å². The fraction of sp³-hybridized carbons (Fsp3) is 0.622. The number of pyridine rings is 2. The Balaban J connectivity index is -0.0000000956. The van der Waals surface area contributed by atoms with E-state index in [2.05, 4.69) is 186 Å². The topological polar surface area (TPSA) is 114 Å². The average molecular weight is 1400 g/mol. The van der Waals surface area contributed by atoms with Crippen LogP contribution in [0, 0.1) is 119 Å². The number of nitrogens with zero attached hydrogens (tertiary/aromatic N) is 6. The van der Waals surface area contributed by atoms with Gasteiger partial charge in [0.2, 0.25) is 0 Å². The van der Waals surface area contributed by atoms with Gasteiger partial charge in [-0.05, 0) is 207 Å². The fourth-order valence-corrected chi connectivity index (χ4v) is 8.28. The van der Waals surface area contributed by atoms with Gasteiger partial charge < -0.3 is 18.9 Å². The van der Waals surface area contributed by atoms with Crippen LogP contribution in [0.5, 0.6) is 0 Å². The lowest BCUT2D eigenvalue weighted by molar-refractivity contribution is -0.187. The zero-order chi connectivity index (χ0) is 67.8. The molecule has 11 rings (SSSR count). The standard InChI is InChI=1S/C8H16.2C8H14.2C8H10.2C7H9N.2C6H8N2.2C6H12O2.C2H6.10CH4/c5*1-7-3-5-8(2)6-4-7;2*1-6-3-4-7(2)8-5-6;4*1-5-3-7-6(2)8-4-5;1-2;;;;;;;;;;/h7-8H,3-6H2,1-2H3;2*3,8H,4-6H2,1-2H3;2*3-6H,1-2H3;2*3-5H,1-2H3;2*3-4H,1-2H3;2*5-6H,3-4H2,1-2H3;1-2H3;10*1H4. The maximum absolute atomic E-state index is 5.17. The molecule has 0 spiro atoms. The molecule has 6 aromatic rings. The molecule has 0 bridgehead atoms. The van der Waals surface area contributed by atoms with Gasteiger partial charge in [-0.25, -0.2) is 19.9 Å². The van der Waals surface area contributed by atoms with Crippen LogP contribution in [0.2, 0.25) is 0 Å². The van der Waals surface area contributed by atoms with Crippen LogP contribution in [0.3, 0.4) is 0 Å². The number of ether oxygens (including phenoxy) is 4. The first-order valence-corrected chi connectivity index (χ1v) is 33.8. The summed E-state index contributed by atoms with van der Waals surface area (Å²) in [5.74, 6) is 6.73. The van der Waals surface area contributed by atoms with Crippen molar-refractivity contribution in [1.82, 2.24) is 29.9 Å². The molecule has 5 aliphatic rings. The molecule has 0 N–H and O–H groups in total. The lowest BCUT2D eigenvalue weighted by Crippen LogP contribution is -2.27. The highest BCUT2D eigenvalue weighted by Gasteiger charge is 2.15. The molecule has 3 aliphatic carbocycles. The summed E-state index contributed by atoms with van der Waals surface area (Å²) in [4.78, 5) is 24.0. The lowest BCUT2D eigenvalue weighted by Gasteiger charge is -2.24. The summed E-state index contributed by atoms with van der Waals surface area (Å²) in [7, 11) is 0. The van der Waals surface area contributed by atoms with Crippen LogP contribution in [-0.2, 0) is 18.9 Å². The molecule has 582 valence electrons. The molecule has 10 heteroatoms. The smallest absolute Gasteiger partial charge is 0.154 e. The number of aromatic nitrogens is 6. The number of hydrogen-bond acceptors (Lipinski definition) is 10. The molecule has 2 unspecified atom stereocenters. The summed E-state index contributed by atoms with van der Waals surface area (Å²) in [5, 5.41) is 0. The van der Waals surface area contributed by atoms with Crippen molar-refractivity contribution < 1.29 is 18.9 Å². The second-order valence-corrected chi connectivity index (χ2v) is 25.8. The molecular formula is C90H168N6O4. The first-order valence-electron chi connectivity index (χ1n) is 33.8. The molecule has 1 saturated carbocycles. The highest BCUT2D eigenvalue weighted by molar-refractivity contribution is 5.20. The highest BCUT2D eigenvalue weighted by Crippen LogP contribution is 2.27. The number of aryl methyl sites for hydroxylation is 12. The lowest BCUT2D eigenvalue weighted by atomic mass is 9.84. The molecule has 2 saturated heterocycles. The van der Waals surface area contributed by atoms with E-state index in [1.54, 1.807) is 11.1 Å². The monoisotopic (exact) mass is 1400 g/mol. The van der Waals surface area contributed by atoms with E-state index < -0.39 is 0 Å². The van der Waals surface area contributed by atoms with Gasteiger partial charge in [0.05, 0.1) is 26.4 Å². The van der Waals surface area contributed by atoms with Gasteiger partial charge in [0.25, 0.3) is 0 Å². The zero-order valence-corrected chi connectivity index (χ0v) is 61.4. The van der Waals surface area contributed by atoms with Crippen LogP contribution < -0.4 is 0 Å². The van der Waals surface area contributed by atoms with E-state index >= 15 is 0 Å². The molecular weight excluding hydrogens is 1230 g/mol. The summed E-state index contributed by atoms with van der Waals surface area (Å²) < 4.78 is 20.7. The molecule has 2 atom stereocenters. The van der Waals surface area contributed by atoms with E-state index in [4.69, 9.17) is 18.9 Å². The number of rotatable bonds is 0. The molecule has 2 aliphatic heterocycles. The predicted molar refractivity (Wildman–Crippen MR) is 452 cm³/mol. The van der Waals surface area contributed by atoms with Gasteiger partial charge >= 0.3 is 0 Å². The summed E-state index contributed by atoms with van der Waals surface area (Å²) >= 11 is 0. The molecule has 2 aromatic carbocycles. The Bertz CT molecular complexity index is 2100. The molecule has 0 radical (unpaired) electrons. The van der Waals surface area contributed by atoms with E-state index in [-0.39, 0.29) is 86.8 Å². The minimum absolute atomic E-state index is 0. The largest absolute Gasteiger partial charge is 0.353 e. The third-order valence-corrected chi connectivity index (χ3v) is 14.9. The van der Waals surface area contributed by atoms with E-state index in [9.17, 15) is 0 Å². The van der Waals surface area contributed by atoms with Gasteiger partial charge in [0, 0.05) is 60.4 Å². The van der Waals surface area contributed by atoms with Gasteiger partial charge in [-0.1, -0.05) is 262 Å². The number of allylic oxidation sites excluding steroid dienone is 4. The minimum atomic E-state index is 0. The average Bonchev–Trinajstić information content (AvgIpc) is 3.72. The SMILES string of the molecule is C.C.C.C.C.C.C.C.C.C.CC.CC1=CCC(C)CC1.CC1=CCC(C)CC1.CC1CCC(C)CC1.CC1COC(C)OC1.CC1COC(C)OC1.Cc1ccc(C)cc1.Cc1ccc(C)cc1.Cc1ccc(C)nc1.Cc1ccc(C)nc1.Cc1cnc(C)nc1.Cc1cnc(C)nc1. The van der Waals surface area contributed by atoms with Crippen LogP contribution >= 0.6 is 0 Å². The van der Waals surface area contributed by atoms with Crippen LogP contribution in [0.4, 0.5) is 0 Å². The molecule has 0 amide bonds. The van der Waals surface area contributed by atoms with Crippen molar-refractivity contribution in [2.24, 2.45) is 35.5 Å². The van der Waals surface area contributed by atoms with Crippen molar-refractivity contribution >= 4 is 0 Å². The van der Waals surface area contributed by atoms with Crippen molar-refractivity contribution in [2.45, 2.75) is 317 Å². The Hall–Kier alpha value is -5.78. The van der Waals surface area contributed by atoms with Crippen LogP contribution in [0.15, 0.2) is 133 Å². The van der Waals surface area contributed by atoms with Crippen LogP contribution in [0.1, 0.15) is 289 Å². The first kappa shape index (κ1) is 118. The molecule has 6 heterocycles. The van der Waals surface area contributed by atoms with Gasteiger partial charge in [-0.3, -0.25) is 9.97 Å². The van der Waals surface area contributed by atoms with Crippen molar-refractivity contribution in [3.05, 3.63) is 201 Å². The summed E-state index contributed by atoms with van der Waals surface area (Å²) in [6.45, 7) is 53.4. The quantitative estimate of drug-likeness (QED) is 0.136.